The Morgan fingerprint density at radius 1 is 0.569 bits per heavy atom. The fraction of sp³-hybridized carbons (Fsp3) is 0.170. The molecule has 0 saturated carbocycles. The van der Waals surface area contributed by atoms with Crippen molar-refractivity contribution in [3.63, 3.8) is 0 Å². The van der Waals surface area contributed by atoms with Crippen molar-refractivity contribution in [2.45, 2.75) is 26.2 Å². The van der Waals surface area contributed by atoms with Crippen LogP contribution in [0.3, 0.4) is 0 Å². The first-order valence-electron chi connectivity index (χ1n) is 21.5. The summed E-state index contributed by atoms with van der Waals surface area (Å²) in [6.45, 7) is 4.07. The molecular weight excluding hydrogens is 821 g/mol. The maximum atomic E-state index is 13.6. The molecule has 0 unspecified atom stereocenters. The summed E-state index contributed by atoms with van der Waals surface area (Å²) in [5, 5.41) is 9.76. The van der Waals surface area contributed by atoms with E-state index in [2.05, 4.69) is 27.3 Å². The summed E-state index contributed by atoms with van der Waals surface area (Å²) in [5.74, 6) is 2.22. The number of hydrogen-bond donors (Lipinski definition) is 0. The fourth-order valence-electron chi connectivity index (χ4n) is 7.45. The van der Waals surface area contributed by atoms with Crippen molar-refractivity contribution >= 4 is 21.9 Å². The summed E-state index contributed by atoms with van der Waals surface area (Å²) in [6, 6.07) is 50.9. The standard InChI is InChI=1S/C53H46N4O8/c58-47-33-49(40-17-8-3-9-18-40)64-50-32-44(23-24-45(47)50)61-28-25-56(34-38-13-4-1-5-14-38)35-42-36-57(55-54-42)26-27-60-29-30-62-43-20-12-19-41(31-43)52-53(63-37-39-15-6-2-7-16-39)51(59)46-21-10-11-22-48(46)65-52/h1-24,31-33,36H,25-30,34-35,37H2. The molecule has 0 aliphatic heterocycles. The van der Waals surface area contributed by atoms with Gasteiger partial charge in [0.1, 0.15) is 48.2 Å². The predicted octanol–water partition coefficient (Wildman–Crippen LogP) is 9.58. The van der Waals surface area contributed by atoms with Crippen molar-refractivity contribution in [3.8, 4) is 39.9 Å². The Labute approximate surface area is 374 Å². The van der Waals surface area contributed by atoms with Gasteiger partial charge in [-0.1, -0.05) is 120 Å². The second kappa shape index (κ2) is 20.6. The molecule has 3 aromatic heterocycles. The Kier molecular flexibility index (Phi) is 13.5. The van der Waals surface area contributed by atoms with Gasteiger partial charge in [-0.2, -0.15) is 0 Å². The molecule has 12 heteroatoms. The zero-order valence-corrected chi connectivity index (χ0v) is 35.6. The highest BCUT2D eigenvalue weighted by Gasteiger charge is 2.19. The average Bonchev–Trinajstić information content (AvgIpc) is 3.80. The molecule has 0 aliphatic rings. The molecule has 0 bridgehead atoms. The lowest BCUT2D eigenvalue weighted by atomic mass is 10.1. The number of fused-ring (bicyclic) bond motifs is 2. The number of rotatable bonds is 20. The highest BCUT2D eigenvalue weighted by atomic mass is 16.5. The van der Waals surface area contributed by atoms with Crippen molar-refractivity contribution in [1.29, 1.82) is 0 Å². The normalized spacial score (nSPS) is 11.3. The minimum absolute atomic E-state index is 0.103. The summed E-state index contributed by atoms with van der Waals surface area (Å²) in [5.41, 5.74) is 5.03. The van der Waals surface area contributed by atoms with E-state index >= 15 is 0 Å². The van der Waals surface area contributed by atoms with E-state index in [1.807, 2.05) is 115 Å². The van der Waals surface area contributed by atoms with Gasteiger partial charge in [0, 0.05) is 49.1 Å². The second-order valence-electron chi connectivity index (χ2n) is 15.4. The smallest absolute Gasteiger partial charge is 0.235 e. The number of nitrogens with zero attached hydrogens (tertiary/aromatic N) is 4. The van der Waals surface area contributed by atoms with Gasteiger partial charge in [0.15, 0.2) is 11.2 Å². The molecular formula is C53H46N4O8. The van der Waals surface area contributed by atoms with Crippen LogP contribution in [0.25, 0.3) is 44.6 Å². The summed E-state index contributed by atoms with van der Waals surface area (Å²) in [7, 11) is 0. The van der Waals surface area contributed by atoms with E-state index in [1.54, 1.807) is 41.1 Å². The molecule has 6 aromatic carbocycles. The Hall–Kier alpha value is -7.80. The molecule has 3 heterocycles. The molecule has 0 spiro atoms. The Balaban J connectivity index is 0.772. The third-order valence-corrected chi connectivity index (χ3v) is 10.7. The first-order valence-corrected chi connectivity index (χ1v) is 21.5. The van der Waals surface area contributed by atoms with E-state index in [9.17, 15) is 9.59 Å². The Morgan fingerprint density at radius 3 is 2.12 bits per heavy atom. The first kappa shape index (κ1) is 42.5. The number of para-hydroxylation sites is 1. The van der Waals surface area contributed by atoms with Crippen LogP contribution in [0.15, 0.2) is 188 Å². The molecule has 326 valence electrons. The molecule has 0 saturated heterocycles. The van der Waals surface area contributed by atoms with E-state index in [1.165, 1.54) is 11.6 Å². The van der Waals surface area contributed by atoms with Gasteiger partial charge in [0.25, 0.3) is 0 Å². The van der Waals surface area contributed by atoms with Gasteiger partial charge < -0.3 is 27.8 Å². The third-order valence-electron chi connectivity index (χ3n) is 10.7. The van der Waals surface area contributed by atoms with Gasteiger partial charge in [0.2, 0.25) is 11.2 Å². The predicted molar refractivity (Wildman–Crippen MR) is 249 cm³/mol. The maximum Gasteiger partial charge on any atom is 0.235 e. The van der Waals surface area contributed by atoms with Crippen LogP contribution in [0.4, 0.5) is 0 Å². The Bertz CT molecular complexity index is 3100. The first-order chi connectivity index (χ1) is 32.0. The lowest BCUT2D eigenvalue weighted by molar-refractivity contribution is 0.0923. The number of hydrogen-bond acceptors (Lipinski definition) is 11. The van der Waals surface area contributed by atoms with Crippen LogP contribution in [0, 0.1) is 0 Å². The van der Waals surface area contributed by atoms with Crippen molar-refractivity contribution in [2.75, 3.05) is 33.0 Å². The lowest BCUT2D eigenvalue weighted by Crippen LogP contribution is -2.28. The van der Waals surface area contributed by atoms with Gasteiger partial charge >= 0.3 is 0 Å². The number of benzene rings is 6. The van der Waals surface area contributed by atoms with Crippen LogP contribution in [0.5, 0.6) is 17.2 Å². The number of ether oxygens (including phenoxy) is 4. The summed E-state index contributed by atoms with van der Waals surface area (Å²) in [4.78, 5) is 28.8. The highest BCUT2D eigenvalue weighted by molar-refractivity contribution is 5.82. The molecule has 0 radical (unpaired) electrons. The van der Waals surface area contributed by atoms with E-state index in [4.69, 9.17) is 27.8 Å². The molecule has 9 aromatic rings. The average molecular weight is 867 g/mol. The molecule has 0 amide bonds. The molecule has 0 aliphatic carbocycles. The molecule has 65 heavy (non-hydrogen) atoms. The minimum Gasteiger partial charge on any atom is -0.492 e. The van der Waals surface area contributed by atoms with Gasteiger partial charge in [0.05, 0.1) is 36.2 Å². The van der Waals surface area contributed by atoms with Crippen LogP contribution >= 0.6 is 0 Å². The van der Waals surface area contributed by atoms with E-state index in [-0.39, 0.29) is 23.2 Å². The zero-order valence-electron chi connectivity index (χ0n) is 35.6. The van der Waals surface area contributed by atoms with Crippen LogP contribution in [0.1, 0.15) is 16.8 Å². The molecule has 9 rings (SSSR count). The highest BCUT2D eigenvalue weighted by Crippen LogP contribution is 2.33. The van der Waals surface area contributed by atoms with E-state index in [0.29, 0.717) is 103 Å². The SMILES string of the molecule is O=c1cc(-c2ccccc2)oc2cc(OCCN(Cc3ccccc3)Cc3cn(CCOCCOc4cccc(-c5oc6ccccc6c(=O)c5OCc5ccccc5)c4)nn3)ccc12. The molecule has 0 N–H and O–H groups in total. The van der Waals surface area contributed by atoms with Crippen molar-refractivity contribution < 1.29 is 27.8 Å². The third kappa shape index (κ3) is 10.9. The van der Waals surface area contributed by atoms with E-state index in [0.717, 1.165) is 16.8 Å². The molecule has 12 nitrogen and oxygen atoms in total. The molecule has 0 fully saturated rings. The monoisotopic (exact) mass is 866 g/mol. The van der Waals surface area contributed by atoms with E-state index < -0.39 is 0 Å². The van der Waals surface area contributed by atoms with Crippen LogP contribution in [-0.2, 0) is 31.0 Å². The van der Waals surface area contributed by atoms with Gasteiger partial charge in [-0.25, -0.2) is 4.68 Å². The van der Waals surface area contributed by atoms with Gasteiger partial charge in [-0.05, 0) is 47.5 Å². The summed E-state index contributed by atoms with van der Waals surface area (Å²) < 4.78 is 38.5. The number of aromatic nitrogens is 3. The van der Waals surface area contributed by atoms with Gasteiger partial charge in [-0.15, -0.1) is 5.10 Å². The summed E-state index contributed by atoms with van der Waals surface area (Å²) in [6.07, 6.45) is 1.93. The fourth-order valence-corrected chi connectivity index (χ4v) is 7.45. The second-order valence-corrected chi connectivity index (χ2v) is 15.4. The summed E-state index contributed by atoms with van der Waals surface area (Å²) >= 11 is 0. The van der Waals surface area contributed by atoms with Crippen molar-refractivity contribution in [1.82, 2.24) is 19.9 Å². The maximum absolute atomic E-state index is 13.6. The topological polar surface area (TPSA) is 131 Å². The van der Waals surface area contributed by atoms with Crippen molar-refractivity contribution in [3.05, 3.63) is 207 Å². The largest absolute Gasteiger partial charge is 0.492 e. The molecule has 0 atom stereocenters. The lowest BCUT2D eigenvalue weighted by Gasteiger charge is -2.21. The van der Waals surface area contributed by atoms with Crippen LogP contribution < -0.4 is 25.1 Å². The minimum atomic E-state index is -0.235. The van der Waals surface area contributed by atoms with Crippen LogP contribution in [-0.4, -0.2) is 52.9 Å². The van der Waals surface area contributed by atoms with Crippen molar-refractivity contribution in [2.24, 2.45) is 0 Å². The Morgan fingerprint density at radius 2 is 1.29 bits per heavy atom. The zero-order chi connectivity index (χ0) is 44.2. The van der Waals surface area contributed by atoms with Gasteiger partial charge in [-0.3, -0.25) is 14.5 Å². The quantitative estimate of drug-likeness (QED) is 0.0679. The van der Waals surface area contributed by atoms with Crippen LogP contribution in [0.2, 0.25) is 0 Å².